The van der Waals surface area contributed by atoms with E-state index in [4.69, 9.17) is 0 Å². The van der Waals surface area contributed by atoms with E-state index in [9.17, 15) is 0 Å². The lowest BCUT2D eigenvalue weighted by Gasteiger charge is -2.02. The molecule has 0 saturated carbocycles. The van der Waals surface area contributed by atoms with E-state index in [1.807, 2.05) is 0 Å². The topological polar surface area (TPSA) is 0 Å². The van der Waals surface area contributed by atoms with Gasteiger partial charge in [-0.15, -0.1) is 11.8 Å². The third-order valence-corrected chi connectivity index (χ3v) is 2.61. The van der Waals surface area contributed by atoms with Crippen molar-refractivity contribution in [2.75, 3.05) is 0 Å². The van der Waals surface area contributed by atoms with Crippen LogP contribution in [0.3, 0.4) is 0 Å². The quantitative estimate of drug-likeness (QED) is 0.381. The molecule has 0 aromatic heterocycles. The van der Waals surface area contributed by atoms with Crippen LogP contribution in [0.25, 0.3) is 0 Å². The highest BCUT2D eigenvalue weighted by molar-refractivity contribution is 4.98. The molecule has 88 valence electrons. The molecule has 0 N–H and O–H groups in total. The van der Waals surface area contributed by atoms with Crippen LogP contribution in [-0.4, -0.2) is 0 Å². The molecule has 0 aromatic carbocycles. The van der Waals surface area contributed by atoms with Gasteiger partial charge in [-0.2, -0.15) is 0 Å². The molecule has 0 unspecified atom stereocenters. The zero-order valence-corrected chi connectivity index (χ0v) is 10.9. The maximum Gasteiger partial charge on any atom is 0.00886 e. The summed E-state index contributed by atoms with van der Waals surface area (Å²) in [5.74, 6) is 7.39. The molecule has 0 spiro atoms. The zero-order valence-electron chi connectivity index (χ0n) is 10.9. The summed E-state index contributed by atoms with van der Waals surface area (Å²) in [5, 5.41) is 0. The van der Waals surface area contributed by atoms with Gasteiger partial charge in [-0.3, -0.25) is 0 Å². The van der Waals surface area contributed by atoms with Gasteiger partial charge < -0.3 is 0 Å². The first kappa shape index (κ1) is 14.6. The van der Waals surface area contributed by atoms with Gasteiger partial charge in [-0.1, -0.05) is 52.9 Å². The number of hydrogen-bond donors (Lipinski definition) is 0. The van der Waals surface area contributed by atoms with Gasteiger partial charge in [0.2, 0.25) is 0 Å². The van der Waals surface area contributed by atoms with Gasteiger partial charge >= 0.3 is 0 Å². The summed E-state index contributed by atoms with van der Waals surface area (Å²) in [6.07, 6.45) is 11.6. The smallest absolute Gasteiger partial charge is 0.00886 e. The zero-order chi connectivity index (χ0) is 11.4. The van der Waals surface area contributed by atoms with Gasteiger partial charge in [0, 0.05) is 12.8 Å². The minimum atomic E-state index is 0.874. The Morgan fingerprint density at radius 1 is 0.800 bits per heavy atom. The molecule has 0 saturated heterocycles. The first-order chi connectivity index (χ1) is 7.27. The fourth-order valence-electron chi connectivity index (χ4n) is 1.56. The summed E-state index contributed by atoms with van der Waals surface area (Å²) >= 11 is 0. The van der Waals surface area contributed by atoms with Crippen molar-refractivity contribution >= 4 is 0 Å². The molecule has 0 aliphatic carbocycles. The molecule has 0 nitrogen and oxygen atoms in total. The molecule has 0 heterocycles. The Balaban J connectivity index is 3.06. The standard InChI is InChI=1S/C15H28/c1-4-5-6-7-8-9-10-11-12-13-14-15(2)3/h15H,4-6,9-14H2,1-3H3. The Morgan fingerprint density at radius 3 is 2.00 bits per heavy atom. The Morgan fingerprint density at radius 2 is 1.40 bits per heavy atom. The van der Waals surface area contributed by atoms with E-state index in [1.165, 1.54) is 44.9 Å². The second-order valence-corrected chi connectivity index (χ2v) is 4.80. The molecule has 0 aliphatic heterocycles. The van der Waals surface area contributed by atoms with Crippen molar-refractivity contribution in [2.45, 2.75) is 78.6 Å². The van der Waals surface area contributed by atoms with E-state index in [0.29, 0.717) is 0 Å². The van der Waals surface area contributed by atoms with E-state index in [1.54, 1.807) is 0 Å². The summed E-state index contributed by atoms with van der Waals surface area (Å²) in [6.45, 7) is 6.83. The van der Waals surface area contributed by atoms with Crippen molar-refractivity contribution < 1.29 is 0 Å². The van der Waals surface area contributed by atoms with E-state index >= 15 is 0 Å². The van der Waals surface area contributed by atoms with Crippen LogP contribution in [0.4, 0.5) is 0 Å². The molecule has 0 fully saturated rings. The first-order valence-electron chi connectivity index (χ1n) is 6.73. The summed E-state index contributed by atoms with van der Waals surface area (Å²) in [5.41, 5.74) is 0. The third-order valence-electron chi connectivity index (χ3n) is 2.61. The molecular formula is C15H28. The van der Waals surface area contributed by atoms with Crippen LogP contribution >= 0.6 is 0 Å². The summed E-state index contributed by atoms with van der Waals surface area (Å²) < 4.78 is 0. The Kier molecular flexibility index (Phi) is 11.3. The number of rotatable bonds is 8. The Hall–Kier alpha value is -0.440. The molecule has 0 heteroatoms. The van der Waals surface area contributed by atoms with Gasteiger partial charge in [-0.25, -0.2) is 0 Å². The van der Waals surface area contributed by atoms with Crippen LogP contribution in [0.15, 0.2) is 0 Å². The van der Waals surface area contributed by atoms with Crippen molar-refractivity contribution in [2.24, 2.45) is 5.92 Å². The van der Waals surface area contributed by atoms with Crippen LogP contribution in [0.2, 0.25) is 0 Å². The molecule has 0 radical (unpaired) electrons. The molecule has 0 rings (SSSR count). The second-order valence-electron chi connectivity index (χ2n) is 4.80. The third kappa shape index (κ3) is 13.6. The van der Waals surface area contributed by atoms with Crippen LogP contribution in [0, 0.1) is 17.8 Å². The summed E-state index contributed by atoms with van der Waals surface area (Å²) in [4.78, 5) is 0. The maximum absolute atomic E-state index is 3.27. The number of hydrogen-bond acceptors (Lipinski definition) is 0. The fourth-order valence-corrected chi connectivity index (χ4v) is 1.56. The lowest BCUT2D eigenvalue weighted by atomic mass is 10.0. The van der Waals surface area contributed by atoms with Crippen molar-refractivity contribution in [1.82, 2.24) is 0 Å². The first-order valence-corrected chi connectivity index (χ1v) is 6.73. The van der Waals surface area contributed by atoms with Crippen LogP contribution < -0.4 is 0 Å². The SMILES string of the molecule is CCCCC#CCCCCCCC(C)C. The Bertz CT molecular complexity index is 168. The van der Waals surface area contributed by atoms with Gasteiger partial charge in [0.25, 0.3) is 0 Å². The van der Waals surface area contributed by atoms with Gasteiger partial charge in [-0.05, 0) is 18.8 Å². The summed E-state index contributed by atoms with van der Waals surface area (Å²) in [6, 6.07) is 0. The largest absolute Gasteiger partial charge is 0.103 e. The lowest BCUT2D eigenvalue weighted by Crippen LogP contribution is -1.86. The van der Waals surface area contributed by atoms with Crippen LogP contribution in [-0.2, 0) is 0 Å². The van der Waals surface area contributed by atoms with Crippen LogP contribution in [0.1, 0.15) is 78.6 Å². The molecule has 0 amide bonds. The molecule has 0 aliphatic rings. The lowest BCUT2D eigenvalue weighted by molar-refractivity contribution is 0.522. The predicted molar refractivity (Wildman–Crippen MR) is 69.8 cm³/mol. The molecular weight excluding hydrogens is 180 g/mol. The van der Waals surface area contributed by atoms with Gasteiger partial charge in [0.05, 0.1) is 0 Å². The van der Waals surface area contributed by atoms with Crippen LogP contribution in [0.5, 0.6) is 0 Å². The van der Waals surface area contributed by atoms with E-state index < -0.39 is 0 Å². The average Bonchev–Trinajstić information content (AvgIpc) is 2.20. The molecule has 15 heavy (non-hydrogen) atoms. The highest BCUT2D eigenvalue weighted by Crippen LogP contribution is 2.10. The van der Waals surface area contributed by atoms with Crippen molar-refractivity contribution in [3.8, 4) is 11.8 Å². The van der Waals surface area contributed by atoms with Crippen molar-refractivity contribution in [3.05, 3.63) is 0 Å². The average molecular weight is 208 g/mol. The minimum absolute atomic E-state index is 0.874. The maximum atomic E-state index is 3.27. The van der Waals surface area contributed by atoms with Crippen molar-refractivity contribution in [3.63, 3.8) is 0 Å². The fraction of sp³-hybridized carbons (Fsp3) is 0.867. The summed E-state index contributed by atoms with van der Waals surface area (Å²) in [7, 11) is 0. The second kappa shape index (κ2) is 11.6. The molecule has 0 bridgehead atoms. The van der Waals surface area contributed by atoms with Crippen molar-refractivity contribution in [1.29, 1.82) is 0 Å². The molecule has 0 atom stereocenters. The highest BCUT2D eigenvalue weighted by Gasteiger charge is 1.93. The minimum Gasteiger partial charge on any atom is -0.103 e. The molecule has 0 aromatic rings. The highest BCUT2D eigenvalue weighted by atomic mass is 14.0. The van der Waals surface area contributed by atoms with Gasteiger partial charge in [0.15, 0.2) is 0 Å². The normalized spacial score (nSPS) is 10.1. The van der Waals surface area contributed by atoms with Gasteiger partial charge in [0.1, 0.15) is 0 Å². The Labute approximate surface area is 96.8 Å². The number of unbranched alkanes of at least 4 members (excludes halogenated alkanes) is 6. The predicted octanol–water partition coefficient (Wildman–Crippen LogP) is 5.18. The van der Waals surface area contributed by atoms with E-state index in [-0.39, 0.29) is 0 Å². The monoisotopic (exact) mass is 208 g/mol. The van der Waals surface area contributed by atoms with E-state index in [2.05, 4.69) is 32.6 Å². The van der Waals surface area contributed by atoms with E-state index in [0.717, 1.165) is 18.8 Å².